The van der Waals surface area contributed by atoms with Crippen LogP contribution in [0.2, 0.25) is 0 Å². The van der Waals surface area contributed by atoms with Gasteiger partial charge in [-0.05, 0) is 6.92 Å². The summed E-state index contributed by atoms with van der Waals surface area (Å²) in [6, 6.07) is -0.869. The third-order valence-corrected chi connectivity index (χ3v) is 2.50. The number of carbonyl (C=O) groups excluding carboxylic acids is 2. The summed E-state index contributed by atoms with van der Waals surface area (Å²) in [4.78, 5) is 23.4. The minimum atomic E-state index is -4.24. The predicted molar refractivity (Wildman–Crippen MR) is 55.0 cm³/mol. The molecule has 8 heteroatoms. The maximum absolute atomic E-state index is 13.5. The maximum atomic E-state index is 13.5. The number of esters is 1. The van der Waals surface area contributed by atoms with Gasteiger partial charge < -0.3 is 19.5 Å². The molecule has 0 aromatic heterocycles. The van der Waals surface area contributed by atoms with Crippen LogP contribution in [-0.4, -0.2) is 66.8 Å². The van der Waals surface area contributed by atoms with Gasteiger partial charge in [-0.25, -0.2) is 4.79 Å². The van der Waals surface area contributed by atoms with Crippen molar-refractivity contribution in [2.45, 2.75) is 18.9 Å². The summed E-state index contributed by atoms with van der Waals surface area (Å²) in [7, 11) is 0. The molecule has 1 rings (SSSR count). The lowest BCUT2D eigenvalue weighted by molar-refractivity contribution is -0.187. The van der Waals surface area contributed by atoms with Crippen LogP contribution in [-0.2, 0) is 19.1 Å². The van der Waals surface area contributed by atoms with Crippen LogP contribution in [0.3, 0.4) is 0 Å². The Morgan fingerprint density at radius 3 is 2.78 bits per heavy atom. The van der Waals surface area contributed by atoms with Gasteiger partial charge in [0.25, 0.3) is 0 Å². The molecule has 1 heterocycles. The summed E-state index contributed by atoms with van der Waals surface area (Å²) in [6.45, 7) is 0.559. The van der Waals surface area contributed by atoms with Crippen molar-refractivity contribution >= 4 is 11.9 Å². The van der Waals surface area contributed by atoms with E-state index in [1.54, 1.807) is 0 Å². The van der Waals surface area contributed by atoms with Crippen LogP contribution in [0.4, 0.5) is 8.78 Å². The highest BCUT2D eigenvalue weighted by molar-refractivity contribution is 6.04. The van der Waals surface area contributed by atoms with Gasteiger partial charge in [0.15, 0.2) is 0 Å². The van der Waals surface area contributed by atoms with Crippen LogP contribution in [0.15, 0.2) is 0 Å². The second kappa shape index (κ2) is 6.05. The molecule has 0 aromatic carbocycles. The lowest BCUT2D eigenvalue weighted by Gasteiger charge is -2.35. The third-order valence-electron chi connectivity index (χ3n) is 2.50. The summed E-state index contributed by atoms with van der Waals surface area (Å²) in [5.41, 5.74) is 0. The van der Waals surface area contributed by atoms with E-state index in [1.165, 1.54) is 6.92 Å². The lowest BCUT2D eigenvalue weighted by Crippen LogP contribution is -2.57. The normalized spacial score (nSPS) is 20.7. The Morgan fingerprint density at radius 2 is 2.22 bits per heavy atom. The van der Waals surface area contributed by atoms with Crippen molar-refractivity contribution in [1.29, 1.82) is 0 Å². The average Bonchev–Trinajstić information content (AvgIpc) is 2.38. The minimum absolute atomic E-state index is 0.0405. The Morgan fingerprint density at radius 1 is 1.56 bits per heavy atom. The van der Waals surface area contributed by atoms with Gasteiger partial charge in [0.05, 0.1) is 32.5 Å². The molecule has 0 bridgehead atoms. The molecule has 0 aliphatic carbocycles. The van der Waals surface area contributed by atoms with E-state index < -0.39 is 30.4 Å². The van der Waals surface area contributed by atoms with Gasteiger partial charge in [0, 0.05) is 6.54 Å². The van der Waals surface area contributed by atoms with E-state index >= 15 is 0 Å². The molecule has 104 valence electrons. The molecule has 1 N–H and O–H groups in total. The number of amides is 1. The second-order valence-corrected chi connectivity index (χ2v) is 3.70. The van der Waals surface area contributed by atoms with Crippen LogP contribution in [0.25, 0.3) is 0 Å². The molecule has 6 nitrogen and oxygen atoms in total. The first kappa shape index (κ1) is 14.8. The number of hydrogen-bond donors (Lipinski definition) is 1. The summed E-state index contributed by atoms with van der Waals surface area (Å²) in [5.74, 6) is -7.78. The quantitative estimate of drug-likeness (QED) is 0.544. The number of ether oxygens (including phenoxy) is 2. The first-order valence-electron chi connectivity index (χ1n) is 5.49. The highest BCUT2D eigenvalue weighted by Crippen LogP contribution is 2.22. The molecule has 1 amide bonds. The number of alkyl halides is 2. The van der Waals surface area contributed by atoms with E-state index in [2.05, 4.69) is 4.74 Å². The van der Waals surface area contributed by atoms with Crippen LogP contribution in [0.1, 0.15) is 6.92 Å². The number of rotatable bonds is 4. The van der Waals surface area contributed by atoms with Gasteiger partial charge in [0.2, 0.25) is 0 Å². The van der Waals surface area contributed by atoms with Gasteiger partial charge in [-0.2, -0.15) is 8.78 Å². The van der Waals surface area contributed by atoms with Crippen molar-refractivity contribution < 1.29 is 33.0 Å². The summed E-state index contributed by atoms with van der Waals surface area (Å²) in [6.07, 6.45) is 0. The van der Waals surface area contributed by atoms with E-state index in [9.17, 15) is 18.4 Å². The van der Waals surface area contributed by atoms with Crippen LogP contribution >= 0.6 is 0 Å². The summed E-state index contributed by atoms with van der Waals surface area (Å²) in [5, 5.41) is 8.98. The van der Waals surface area contributed by atoms with Crippen LogP contribution < -0.4 is 0 Å². The number of halogens is 2. The average molecular weight is 267 g/mol. The SMILES string of the molecule is CCOC(=O)C(F)(F)C(=O)N1CCOCC1CO. The third kappa shape index (κ3) is 2.94. The number of aliphatic hydroxyl groups is 1. The van der Waals surface area contributed by atoms with Gasteiger partial charge in [0.1, 0.15) is 0 Å². The first-order chi connectivity index (χ1) is 8.45. The van der Waals surface area contributed by atoms with Crippen molar-refractivity contribution in [3.63, 3.8) is 0 Å². The smallest absolute Gasteiger partial charge is 0.419 e. The molecule has 1 saturated heterocycles. The van der Waals surface area contributed by atoms with Gasteiger partial charge in [-0.15, -0.1) is 0 Å². The van der Waals surface area contributed by atoms with Gasteiger partial charge in [-0.3, -0.25) is 4.79 Å². The number of aliphatic hydroxyl groups excluding tert-OH is 1. The molecular formula is C10H15F2NO5. The maximum Gasteiger partial charge on any atom is 0.419 e. The van der Waals surface area contributed by atoms with Crippen molar-refractivity contribution in [3.05, 3.63) is 0 Å². The number of hydrogen-bond acceptors (Lipinski definition) is 5. The molecule has 1 aliphatic rings. The fourth-order valence-electron chi connectivity index (χ4n) is 1.56. The Kier molecular flexibility index (Phi) is 4.97. The molecule has 0 aromatic rings. The Hall–Kier alpha value is -1.28. The molecule has 1 atom stereocenters. The molecule has 0 radical (unpaired) electrons. The second-order valence-electron chi connectivity index (χ2n) is 3.70. The molecule has 0 spiro atoms. The highest BCUT2D eigenvalue weighted by Gasteiger charge is 2.52. The van der Waals surface area contributed by atoms with Crippen molar-refractivity contribution in [1.82, 2.24) is 4.90 Å². The Labute approximate surface area is 102 Å². The largest absolute Gasteiger partial charge is 0.461 e. The van der Waals surface area contributed by atoms with Crippen molar-refractivity contribution in [2.75, 3.05) is 33.0 Å². The topological polar surface area (TPSA) is 76.1 Å². The summed E-state index contributed by atoms with van der Waals surface area (Å²) >= 11 is 0. The Balaban J connectivity index is 2.80. The van der Waals surface area contributed by atoms with Gasteiger partial charge in [-0.1, -0.05) is 0 Å². The molecule has 1 aliphatic heterocycles. The zero-order valence-electron chi connectivity index (χ0n) is 9.90. The van der Waals surface area contributed by atoms with E-state index in [4.69, 9.17) is 9.84 Å². The highest BCUT2D eigenvalue weighted by atomic mass is 19.3. The number of nitrogens with zero attached hydrogens (tertiary/aromatic N) is 1. The fraction of sp³-hybridized carbons (Fsp3) is 0.800. The monoisotopic (exact) mass is 267 g/mol. The van der Waals surface area contributed by atoms with Crippen LogP contribution in [0.5, 0.6) is 0 Å². The van der Waals surface area contributed by atoms with Crippen molar-refractivity contribution in [2.24, 2.45) is 0 Å². The van der Waals surface area contributed by atoms with Crippen molar-refractivity contribution in [3.8, 4) is 0 Å². The minimum Gasteiger partial charge on any atom is -0.461 e. The number of morpholine rings is 1. The van der Waals surface area contributed by atoms with E-state index in [-0.39, 0.29) is 26.4 Å². The molecular weight excluding hydrogens is 252 g/mol. The molecule has 1 unspecified atom stereocenters. The van der Waals surface area contributed by atoms with Gasteiger partial charge >= 0.3 is 17.8 Å². The standard InChI is InChI=1S/C10H15F2NO5/c1-2-18-9(16)10(11,12)8(15)13-3-4-17-6-7(13)5-14/h7,14H,2-6H2,1H3. The summed E-state index contributed by atoms with van der Waals surface area (Å²) < 4.78 is 36.1. The predicted octanol–water partition coefficient (Wildman–Crippen LogP) is -0.596. The van der Waals surface area contributed by atoms with E-state index in [0.717, 1.165) is 4.90 Å². The zero-order chi connectivity index (χ0) is 13.8. The van der Waals surface area contributed by atoms with Crippen LogP contribution in [0, 0.1) is 0 Å². The fourth-order valence-corrected chi connectivity index (χ4v) is 1.56. The Bertz CT molecular complexity index is 323. The molecule has 1 fully saturated rings. The molecule has 18 heavy (non-hydrogen) atoms. The molecule has 0 saturated carbocycles. The lowest BCUT2D eigenvalue weighted by atomic mass is 10.2. The first-order valence-corrected chi connectivity index (χ1v) is 5.49. The number of carbonyl (C=O) groups is 2. The van der Waals surface area contributed by atoms with E-state index in [0.29, 0.717) is 0 Å². The van der Waals surface area contributed by atoms with E-state index in [1.807, 2.05) is 0 Å². The zero-order valence-corrected chi connectivity index (χ0v) is 9.90.